The summed E-state index contributed by atoms with van der Waals surface area (Å²) in [6, 6.07) is 7.26. The van der Waals surface area contributed by atoms with Crippen LogP contribution in [-0.2, 0) is 4.74 Å². The lowest BCUT2D eigenvalue weighted by molar-refractivity contribution is 0.0599. The van der Waals surface area contributed by atoms with Crippen LogP contribution in [0.1, 0.15) is 47.7 Å². The highest BCUT2D eigenvalue weighted by Gasteiger charge is 2.18. The highest BCUT2D eigenvalue weighted by Crippen LogP contribution is 2.26. The van der Waals surface area contributed by atoms with E-state index in [0.29, 0.717) is 11.1 Å². The van der Waals surface area contributed by atoms with Crippen LogP contribution in [0.5, 0.6) is 0 Å². The minimum atomic E-state index is -0.382. The predicted molar refractivity (Wildman–Crippen MR) is 61.2 cm³/mol. The van der Waals surface area contributed by atoms with Crippen molar-refractivity contribution < 1.29 is 9.53 Å². The minimum absolute atomic E-state index is 0.171. The van der Waals surface area contributed by atoms with Gasteiger partial charge >= 0.3 is 5.97 Å². The molecule has 1 atom stereocenters. The van der Waals surface area contributed by atoms with Crippen LogP contribution in [-0.4, -0.2) is 13.1 Å². The van der Waals surface area contributed by atoms with Crippen molar-refractivity contribution in [2.75, 3.05) is 7.11 Å². The molecular weight excluding hydrogens is 202 g/mol. The summed E-state index contributed by atoms with van der Waals surface area (Å²) in [6.45, 7) is 4.03. The summed E-state index contributed by atoms with van der Waals surface area (Å²) >= 11 is 0. The molecule has 0 aliphatic carbocycles. The summed E-state index contributed by atoms with van der Waals surface area (Å²) in [5.41, 5.74) is 1.84. The molecule has 0 N–H and O–H groups in total. The molecule has 0 aliphatic heterocycles. The molecule has 84 valence electrons. The Kier molecular flexibility index (Phi) is 4.07. The normalized spacial score (nSPS) is 11.6. The Morgan fingerprint density at radius 1 is 1.56 bits per heavy atom. The maximum absolute atomic E-state index is 11.6. The zero-order chi connectivity index (χ0) is 12.1. The van der Waals surface area contributed by atoms with Crippen LogP contribution in [0.15, 0.2) is 18.2 Å². The molecule has 0 fully saturated rings. The smallest absolute Gasteiger partial charge is 0.338 e. The van der Waals surface area contributed by atoms with Crippen molar-refractivity contribution >= 4 is 5.97 Å². The van der Waals surface area contributed by atoms with Crippen LogP contribution in [0.3, 0.4) is 0 Å². The summed E-state index contributed by atoms with van der Waals surface area (Å²) in [4.78, 5) is 11.6. The molecule has 0 amide bonds. The Balaban J connectivity index is 3.38. The number of methoxy groups -OCH3 is 1. The van der Waals surface area contributed by atoms with Gasteiger partial charge < -0.3 is 4.74 Å². The first-order valence-corrected chi connectivity index (χ1v) is 5.27. The fourth-order valence-corrected chi connectivity index (χ4v) is 1.69. The maximum Gasteiger partial charge on any atom is 0.338 e. The molecule has 0 spiro atoms. The number of hydrogen-bond donors (Lipinski definition) is 0. The van der Waals surface area contributed by atoms with Gasteiger partial charge in [-0.1, -0.05) is 19.9 Å². The third kappa shape index (κ3) is 2.22. The molecule has 0 saturated heterocycles. The van der Waals surface area contributed by atoms with E-state index >= 15 is 0 Å². The van der Waals surface area contributed by atoms with Crippen LogP contribution in [0.4, 0.5) is 0 Å². The zero-order valence-electron chi connectivity index (χ0n) is 9.78. The van der Waals surface area contributed by atoms with E-state index in [-0.39, 0.29) is 11.9 Å². The molecule has 3 heteroatoms. The SMILES string of the molecule is CCC(C)c1c(C#N)cccc1C(=O)OC. The average Bonchev–Trinajstić information content (AvgIpc) is 2.35. The Bertz CT molecular complexity index is 432. The molecule has 1 rings (SSSR count). The molecule has 0 aromatic heterocycles. The van der Waals surface area contributed by atoms with E-state index in [9.17, 15) is 4.79 Å². The Morgan fingerprint density at radius 3 is 2.75 bits per heavy atom. The van der Waals surface area contributed by atoms with Gasteiger partial charge in [-0.2, -0.15) is 5.26 Å². The number of nitriles is 1. The molecule has 1 aromatic rings. The first-order chi connectivity index (χ1) is 7.65. The summed E-state index contributed by atoms with van der Waals surface area (Å²) < 4.78 is 4.72. The van der Waals surface area contributed by atoms with Crippen molar-refractivity contribution in [1.29, 1.82) is 5.26 Å². The van der Waals surface area contributed by atoms with Gasteiger partial charge in [-0.05, 0) is 30.0 Å². The molecule has 1 unspecified atom stereocenters. The highest BCUT2D eigenvalue weighted by atomic mass is 16.5. The van der Waals surface area contributed by atoms with Gasteiger partial charge in [0.2, 0.25) is 0 Å². The standard InChI is InChI=1S/C13H15NO2/c1-4-9(2)12-10(8-14)6-5-7-11(12)13(15)16-3/h5-7,9H,4H2,1-3H3. The summed E-state index contributed by atoms with van der Waals surface area (Å²) in [6.07, 6.45) is 0.878. The monoisotopic (exact) mass is 217 g/mol. The van der Waals surface area contributed by atoms with E-state index in [1.54, 1.807) is 18.2 Å². The number of benzene rings is 1. The van der Waals surface area contributed by atoms with Crippen molar-refractivity contribution in [1.82, 2.24) is 0 Å². The molecular formula is C13H15NO2. The van der Waals surface area contributed by atoms with Gasteiger partial charge in [0.1, 0.15) is 0 Å². The van der Waals surface area contributed by atoms with Gasteiger partial charge in [-0.3, -0.25) is 0 Å². The molecule has 1 aromatic carbocycles. The third-order valence-electron chi connectivity index (χ3n) is 2.74. The minimum Gasteiger partial charge on any atom is -0.465 e. The lowest BCUT2D eigenvalue weighted by atomic mass is 9.89. The van der Waals surface area contributed by atoms with Gasteiger partial charge in [0.05, 0.1) is 24.3 Å². The van der Waals surface area contributed by atoms with Gasteiger partial charge in [0.15, 0.2) is 0 Å². The highest BCUT2D eigenvalue weighted by molar-refractivity contribution is 5.92. The topological polar surface area (TPSA) is 50.1 Å². The Hall–Kier alpha value is -1.82. The lowest BCUT2D eigenvalue weighted by Gasteiger charge is -2.14. The largest absolute Gasteiger partial charge is 0.465 e. The quantitative estimate of drug-likeness (QED) is 0.731. The average molecular weight is 217 g/mol. The molecule has 0 aliphatic rings. The summed E-state index contributed by atoms with van der Waals surface area (Å²) in [5.74, 6) is -0.211. The van der Waals surface area contributed by atoms with E-state index in [0.717, 1.165) is 12.0 Å². The van der Waals surface area contributed by atoms with Gasteiger partial charge in [0, 0.05) is 0 Å². The van der Waals surface area contributed by atoms with Crippen LogP contribution in [0.25, 0.3) is 0 Å². The van der Waals surface area contributed by atoms with E-state index in [2.05, 4.69) is 6.07 Å². The van der Waals surface area contributed by atoms with E-state index < -0.39 is 0 Å². The van der Waals surface area contributed by atoms with Gasteiger partial charge in [-0.15, -0.1) is 0 Å². The van der Waals surface area contributed by atoms with Crippen molar-refractivity contribution in [3.63, 3.8) is 0 Å². The maximum atomic E-state index is 11.6. The van der Waals surface area contributed by atoms with Gasteiger partial charge in [-0.25, -0.2) is 4.79 Å². The number of carbonyl (C=O) groups is 1. The third-order valence-corrected chi connectivity index (χ3v) is 2.74. The number of hydrogen-bond acceptors (Lipinski definition) is 3. The number of rotatable bonds is 3. The van der Waals surface area contributed by atoms with E-state index in [4.69, 9.17) is 10.00 Å². The van der Waals surface area contributed by atoms with Crippen molar-refractivity contribution in [3.8, 4) is 6.07 Å². The fraction of sp³-hybridized carbons (Fsp3) is 0.385. The number of nitrogens with zero attached hydrogens (tertiary/aromatic N) is 1. The first-order valence-electron chi connectivity index (χ1n) is 5.27. The molecule has 0 radical (unpaired) electrons. The Morgan fingerprint density at radius 2 is 2.25 bits per heavy atom. The van der Waals surface area contributed by atoms with Crippen LogP contribution in [0, 0.1) is 11.3 Å². The molecule has 0 saturated carbocycles. The van der Waals surface area contributed by atoms with Crippen LogP contribution < -0.4 is 0 Å². The van der Waals surface area contributed by atoms with E-state index in [1.165, 1.54) is 7.11 Å². The van der Waals surface area contributed by atoms with Gasteiger partial charge in [0.25, 0.3) is 0 Å². The number of carbonyl (C=O) groups excluding carboxylic acids is 1. The first kappa shape index (κ1) is 12.3. The second kappa shape index (κ2) is 5.32. The second-order valence-corrected chi connectivity index (χ2v) is 3.68. The molecule has 3 nitrogen and oxygen atoms in total. The van der Waals surface area contributed by atoms with Crippen molar-refractivity contribution in [3.05, 3.63) is 34.9 Å². The number of ether oxygens (including phenoxy) is 1. The second-order valence-electron chi connectivity index (χ2n) is 3.68. The lowest BCUT2D eigenvalue weighted by Crippen LogP contribution is -2.09. The zero-order valence-corrected chi connectivity index (χ0v) is 9.78. The molecule has 16 heavy (non-hydrogen) atoms. The van der Waals surface area contributed by atoms with E-state index in [1.807, 2.05) is 13.8 Å². The van der Waals surface area contributed by atoms with Crippen LogP contribution in [0.2, 0.25) is 0 Å². The molecule has 0 heterocycles. The summed E-state index contributed by atoms with van der Waals surface area (Å²) in [5, 5.41) is 9.04. The number of esters is 1. The Labute approximate surface area is 95.7 Å². The summed E-state index contributed by atoms with van der Waals surface area (Å²) in [7, 11) is 1.35. The van der Waals surface area contributed by atoms with Crippen molar-refractivity contribution in [2.24, 2.45) is 0 Å². The molecule has 0 bridgehead atoms. The fourth-order valence-electron chi connectivity index (χ4n) is 1.69. The van der Waals surface area contributed by atoms with Crippen molar-refractivity contribution in [2.45, 2.75) is 26.2 Å². The predicted octanol–water partition coefficient (Wildman–Crippen LogP) is 2.86. The van der Waals surface area contributed by atoms with Crippen LogP contribution >= 0.6 is 0 Å².